The molecule has 1 aromatic rings. The summed E-state index contributed by atoms with van der Waals surface area (Å²) in [7, 11) is 1.59. The van der Waals surface area contributed by atoms with E-state index >= 15 is 0 Å². The van der Waals surface area contributed by atoms with Gasteiger partial charge in [0.15, 0.2) is 0 Å². The van der Waals surface area contributed by atoms with Gasteiger partial charge in [-0.1, -0.05) is 0 Å². The summed E-state index contributed by atoms with van der Waals surface area (Å²) in [6.45, 7) is 1.66. The molecular formula is C13H17F3N4O. The molecule has 0 amide bonds. The van der Waals surface area contributed by atoms with Gasteiger partial charge >= 0.3 is 6.18 Å². The van der Waals surface area contributed by atoms with Gasteiger partial charge in [-0.15, -0.1) is 0 Å². The quantitative estimate of drug-likeness (QED) is 0.657. The number of methoxy groups -OCH3 is 1. The number of nitrogens with zero attached hydrogens (tertiary/aromatic N) is 2. The lowest BCUT2D eigenvalue weighted by Gasteiger charge is -2.21. The van der Waals surface area contributed by atoms with E-state index in [1.54, 1.807) is 12.0 Å². The van der Waals surface area contributed by atoms with Crippen molar-refractivity contribution in [3.8, 4) is 0 Å². The number of pyridine rings is 1. The Hall–Kier alpha value is -1.83. The Morgan fingerprint density at radius 1 is 1.52 bits per heavy atom. The number of nitrogen functional groups attached to an aromatic ring is 1. The van der Waals surface area contributed by atoms with Crippen molar-refractivity contribution in [3.63, 3.8) is 0 Å². The van der Waals surface area contributed by atoms with E-state index in [-0.39, 0.29) is 23.1 Å². The van der Waals surface area contributed by atoms with Crippen LogP contribution in [0.25, 0.3) is 0 Å². The first-order valence-electron chi connectivity index (χ1n) is 6.49. The summed E-state index contributed by atoms with van der Waals surface area (Å²) < 4.78 is 43.5. The zero-order valence-electron chi connectivity index (χ0n) is 11.6. The maximum atomic E-state index is 12.8. The van der Waals surface area contributed by atoms with Crippen LogP contribution in [0.5, 0.6) is 0 Å². The summed E-state index contributed by atoms with van der Waals surface area (Å²) in [6, 6.07) is 2.06. The van der Waals surface area contributed by atoms with E-state index in [0.717, 1.165) is 12.5 Å². The molecule has 0 saturated carbocycles. The fourth-order valence-electron chi connectivity index (χ4n) is 2.45. The van der Waals surface area contributed by atoms with Gasteiger partial charge in [-0.2, -0.15) is 13.2 Å². The molecule has 1 fully saturated rings. The summed E-state index contributed by atoms with van der Waals surface area (Å²) in [5, 5.41) is 7.50. The first kappa shape index (κ1) is 15.6. The Morgan fingerprint density at radius 3 is 2.81 bits per heavy atom. The highest BCUT2D eigenvalue weighted by Crippen LogP contribution is 2.32. The molecule has 1 atom stereocenters. The molecule has 21 heavy (non-hydrogen) atoms. The molecule has 0 radical (unpaired) electrons. The van der Waals surface area contributed by atoms with Crippen molar-refractivity contribution in [2.24, 2.45) is 11.7 Å². The number of rotatable bonds is 4. The predicted molar refractivity (Wildman–Crippen MR) is 72.5 cm³/mol. The van der Waals surface area contributed by atoms with Crippen LogP contribution in [-0.4, -0.2) is 37.6 Å². The summed E-state index contributed by atoms with van der Waals surface area (Å²) >= 11 is 0. The van der Waals surface area contributed by atoms with Crippen molar-refractivity contribution >= 4 is 11.7 Å². The minimum Gasteiger partial charge on any atom is -0.384 e. The molecule has 1 aliphatic heterocycles. The molecule has 116 valence electrons. The Kier molecular flexibility index (Phi) is 4.36. The Balaban J connectivity index is 2.34. The first-order valence-corrected chi connectivity index (χ1v) is 6.49. The van der Waals surface area contributed by atoms with Gasteiger partial charge in [0.2, 0.25) is 0 Å². The molecule has 2 heterocycles. The number of hydrogen-bond acceptors (Lipinski definition) is 4. The molecule has 0 aliphatic carbocycles. The van der Waals surface area contributed by atoms with Gasteiger partial charge < -0.3 is 15.4 Å². The molecule has 1 aliphatic rings. The normalized spacial score (nSPS) is 19.0. The van der Waals surface area contributed by atoms with Gasteiger partial charge in [0, 0.05) is 26.1 Å². The predicted octanol–water partition coefficient (Wildman–Crippen LogP) is 1.86. The fourth-order valence-corrected chi connectivity index (χ4v) is 2.45. The van der Waals surface area contributed by atoms with Crippen LogP contribution in [0.1, 0.15) is 17.7 Å². The topological polar surface area (TPSA) is 75.2 Å². The van der Waals surface area contributed by atoms with Crippen molar-refractivity contribution in [1.29, 1.82) is 5.41 Å². The van der Waals surface area contributed by atoms with E-state index in [2.05, 4.69) is 4.98 Å². The third-order valence-electron chi connectivity index (χ3n) is 3.44. The van der Waals surface area contributed by atoms with Crippen LogP contribution in [0.2, 0.25) is 0 Å². The highest BCUT2D eigenvalue weighted by Gasteiger charge is 2.34. The van der Waals surface area contributed by atoms with Crippen LogP contribution >= 0.6 is 0 Å². The number of ether oxygens (including phenoxy) is 1. The van der Waals surface area contributed by atoms with Gasteiger partial charge in [0.25, 0.3) is 0 Å². The zero-order valence-corrected chi connectivity index (χ0v) is 11.6. The second-order valence-corrected chi connectivity index (χ2v) is 5.04. The Morgan fingerprint density at radius 2 is 2.24 bits per heavy atom. The second-order valence-electron chi connectivity index (χ2n) is 5.04. The van der Waals surface area contributed by atoms with Crippen molar-refractivity contribution in [1.82, 2.24) is 4.98 Å². The van der Waals surface area contributed by atoms with E-state index in [0.29, 0.717) is 19.7 Å². The van der Waals surface area contributed by atoms with Crippen molar-refractivity contribution in [2.45, 2.75) is 12.6 Å². The third kappa shape index (κ3) is 3.44. The molecule has 3 N–H and O–H groups in total. The minimum atomic E-state index is -4.52. The molecule has 1 aromatic heterocycles. The Labute approximate surface area is 120 Å². The molecule has 2 rings (SSSR count). The minimum absolute atomic E-state index is 0.121. The average molecular weight is 302 g/mol. The summed E-state index contributed by atoms with van der Waals surface area (Å²) in [5.74, 6) is 0.0727. The summed E-state index contributed by atoms with van der Waals surface area (Å²) in [4.78, 5) is 5.41. The summed E-state index contributed by atoms with van der Waals surface area (Å²) in [5.41, 5.74) is 4.69. The maximum Gasteiger partial charge on any atom is 0.433 e. The number of anilines is 1. The lowest BCUT2D eigenvalue weighted by atomic mass is 10.1. The van der Waals surface area contributed by atoms with Gasteiger partial charge in [-0.3, -0.25) is 5.41 Å². The standard InChI is InChI=1S/C13H17F3N4O/c1-21-7-8-4-5-20(6-8)12-9(11(17)18)2-3-10(19-12)13(14,15)16/h2-3,8H,4-7H2,1H3,(H3,17,18). The van der Waals surface area contributed by atoms with E-state index in [1.165, 1.54) is 6.07 Å². The molecule has 8 heteroatoms. The van der Waals surface area contributed by atoms with E-state index in [1.807, 2.05) is 0 Å². The molecule has 0 spiro atoms. The van der Waals surface area contributed by atoms with Crippen LogP contribution in [0.4, 0.5) is 19.0 Å². The first-order chi connectivity index (χ1) is 9.82. The van der Waals surface area contributed by atoms with E-state index < -0.39 is 11.9 Å². The molecule has 1 saturated heterocycles. The maximum absolute atomic E-state index is 12.8. The largest absolute Gasteiger partial charge is 0.433 e. The number of alkyl halides is 3. The fraction of sp³-hybridized carbons (Fsp3) is 0.538. The number of hydrogen-bond donors (Lipinski definition) is 2. The van der Waals surface area contributed by atoms with Gasteiger partial charge in [0.1, 0.15) is 17.3 Å². The Bertz CT molecular complexity index is 533. The lowest BCUT2D eigenvalue weighted by molar-refractivity contribution is -0.141. The molecule has 0 bridgehead atoms. The van der Waals surface area contributed by atoms with Crippen LogP contribution in [0.15, 0.2) is 12.1 Å². The van der Waals surface area contributed by atoms with Gasteiger partial charge in [0.05, 0.1) is 12.2 Å². The third-order valence-corrected chi connectivity index (χ3v) is 3.44. The van der Waals surface area contributed by atoms with Crippen molar-refractivity contribution < 1.29 is 17.9 Å². The smallest absolute Gasteiger partial charge is 0.384 e. The van der Waals surface area contributed by atoms with Crippen LogP contribution in [0.3, 0.4) is 0 Å². The molecule has 0 aromatic carbocycles. The van der Waals surface area contributed by atoms with Gasteiger partial charge in [-0.25, -0.2) is 4.98 Å². The van der Waals surface area contributed by atoms with Crippen LogP contribution < -0.4 is 10.6 Å². The second kappa shape index (κ2) is 5.88. The SMILES string of the molecule is COCC1CCN(c2nc(C(F)(F)F)ccc2C(=N)N)C1. The number of aromatic nitrogens is 1. The monoisotopic (exact) mass is 302 g/mol. The van der Waals surface area contributed by atoms with Crippen LogP contribution in [-0.2, 0) is 10.9 Å². The molecule has 1 unspecified atom stereocenters. The number of halogens is 3. The number of nitrogens with two attached hydrogens (primary N) is 1. The summed E-state index contributed by atoms with van der Waals surface area (Å²) in [6.07, 6.45) is -3.71. The number of amidine groups is 1. The van der Waals surface area contributed by atoms with E-state index in [9.17, 15) is 13.2 Å². The highest BCUT2D eigenvalue weighted by molar-refractivity contribution is 5.99. The molecular weight excluding hydrogens is 285 g/mol. The van der Waals surface area contributed by atoms with Crippen LogP contribution in [0, 0.1) is 11.3 Å². The number of nitrogens with one attached hydrogen (secondary N) is 1. The average Bonchev–Trinajstić information content (AvgIpc) is 2.86. The molecule has 5 nitrogen and oxygen atoms in total. The lowest BCUT2D eigenvalue weighted by Crippen LogP contribution is -2.27. The van der Waals surface area contributed by atoms with E-state index in [4.69, 9.17) is 15.9 Å². The van der Waals surface area contributed by atoms with Crippen molar-refractivity contribution in [2.75, 3.05) is 31.7 Å². The highest BCUT2D eigenvalue weighted by atomic mass is 19.4. The zero-order chi connectivity index (χ0) is 15.6. The van der Waals surface area contributed by atoms with Crippen molar-refractivity contribution in [3.05, 3.63) is 23.4 Å². The van der Waals surface area contributed by atoms with Gasteiger partial charge in [-0.05, 0) is 18.6 Å².